The van der Waals surface area contributed by atoms with Crippen LogP contribution < -0.4 is 5.19 Å². The summed E-state index contributed by atoms with van der Waals surface area (Å²) in [4.78, 5) is 0. The Hall–Kier alpha value is -0.506. The Morgan fingerprint density at radius 3 is 1.59 bits per heavy atom. The van der Waals surface area contributed by atoms with Gasteiger partial charge in [-0.3, -0.25) is 0 Å². The van der Waals surface area contributed by atoms with Crippen LogP contribution in [0.25, 0.3) is 0 Å². The summed E-state index contributed by atoms with van der Waals surface area (Å²) in [6.45, 7) is 2.06. The molecular weight excluding hydrogens is 252 g/mol. The molecule has 1 unspecified atom stereocenters. The average molecular weight is 272 g/mol. The van der Waals surface area contributed by atoms with Crippen LogP contribution in [0.5, 0.6) is 0 Å². The molecule has 0 bridgehead atoms. The van der Waals surface area contributed by atoms with Crippen molar-refractivity contribution in [3.8, 4) is 0 Å². The van der Waals surface area contributed by atoms with Gasteiger partial charge in [0.05, 0.1) is 0 Å². The van der Waals surface area contributed by atoms with Crippen LogP contribution in [-0.2, 0) is 17.7 Å². The maximum atomic E-state index is 5.79. The first kappa shape index (κ1) is 14.6. The van der Waals surface area contributed by atoms with Gasteiger partial charge >= 0.3 is 16.2 Å². The Morgan fingerprint density at radius 2 is 1.24 bits per heavy atom. The highest BCUT2D eigenvalue weighted by Crippen LogP contribution is 2.22. The van der Waals surface area contributed by atoms with Gasteiger partial charge in [-0.05, 0) is 11.7 Å². The molecule has 0 aliphatic rings. The third-order valence-corrected chi connectivity index (χ3v) is 15.0. The van der Waals surface area contributed by atoms with Crippen LogP contribution in [0.2, 0.25) is 6.55 Å². The zero-order chi connectivity index (χ0) is 12.9. The van der Waals surface area contributed by atoms with Gasteiger partial charge in [-0.15, -0.1) is 0 Å². The molecule has 96 valence electrons. The van der Waals surface area contributed by atoms with Gasteiger partial charge in [0.25, 0.3) is 0 Å². The van der Waals surface area contributed by atoms with E-state index < -0.39 is 16.2 Å². The van der Waals surface area contributed by atoms with Crippen molar-refractivity contribution < 1.29 is 17.7 Å². The van der Waals surface area contributed by atoms with Crippen molar-refractivity contribution >= 4 is 21.3 Å². The van der Waals surface area contributed by atoms with Crippen LogP contribution >= 0.6 is 0 Å². The van der Waals surface area contributed by atoms with Gasteiger partial charge in [0.15, 0.2) is 0 Å². The molecule has 0 aliphatic heterocycles. The topological polar surface area (TPSA) is 36.9 Å². The van der Waals surface area contributed by atoms with Crippen LogP contribution in [0.3, 0.4) is 0 Å². The van der Waals surface area contributed by atoms with E-state index in [4.69, 9.17) is 17.7 Å². The van der Waals surface area contributed by atoms with E-state index in [1.54, 1.807) is 28.4 Å². The molecule has 0 fully saturated rings. The first-order valence-corrected chi connectivity index (χ1v) is 10.5. The molecule has 0 aliphatic carbocycles. The van der Waals surface area contributed by atoms with Crippen LogP contribution in [0.15, 0.2) is 30.3 Å². The molecule has 0 saturated carbocycles. The lowest BCUT2D eigenvalue weighted by Crippen LogP contribution is -2.73. The molecule has 0 radical (unpaired) electrons. The quantitative estimate of drug-likeness (QED) is 0.726. The molecule has 0 saturated heterocycles. The lowest BCUT2D eigenvalue weighted by molar-refractivity contribution is 0.138. The van der Waals surface area contributed by atoms with E-state index >= 15 is 0 Å². The number of hydrogen-bond acceptors (Lipinski definition) is 4. The average Bonchev–Trinajstić information content (AvgIpc) is 2.42. The molecule has 0 spiro atoms. The molecule has 0 heterocycles. The van der Waals surface area contributed by atoms with Crippen LogP contribution in [0, 0.1) is 0 Å². The second-order valence-corrected chi connectivity index (χ2v) is 13.9. The first-order valence-electron chi connectivity index (χ1n) is 5.36. The van der Waals surface area contributed by atoms with Crippen molar-refractivity contribution in [1.82, 2.24) is 0 Å². The summed E-state index contributed by atoms with van der Waals surface area (Å²) < 4.78 is 22.5. The maximum absolute atomic E-state index is 5.79. The molecule has 0 N–H and O–H groups in total. The standard InChI is InChI=1S/C11H20O4Si2/c1-12-16(5,11-9-7-6-8-10-11)17(13-2,14-3)15-4/h6-10H,1-5H3. The second-order valence-electron chi connectivity index (χ2n) is 3.77. The fraction of sp³-hybridized carbons (Fsp3) is 0.455. The van der Waals surface area contributed by atoms with E-state index in [0.717, 1.165) is 5.19 Å². The lowest BCUT2D eigenvalue weighted by atomic mass is 10.4. The van der Waals surface area contributed by atoms with Crippen molar-refractivity contribution in [2.24, 2.45) is 0 Å². The summed E-state index contributed by atoms with van der Waals surface area (Å²) in [6.07, 6.45) is 0. The van der Waals surface area contributed by atoms with E-state index in [1.807, 2.05) is 30.3 Å². The monoisotopic (exact) mass is 272 g/mol. The molecule has 17 heavy (non-hydrogen) atoms. The summed E-state index contributed by atoms with van der Waals surface area (Å²) in [5, 5.41) is 1.11. The zero-order valence-electron chi connectivity index (χ0n) is 11.0. The predicted molar refractivity (Wildman–Crippen MR) is 71.5 cm³/mol. The zero-order valence-corrected chi connectivity index (χ0v) is 13.0. The van der Waals surface area contributed by atoms with Gasteiger partial charge < -0.3 is 17.7 Å². The first-order chi connectivity index (χ1) is 8.10. The molecule has 0 amide bonds. The maximum Gasteiger partial charge on any atom is 0.508 e. The third kappa shape index (κ3) is 2.37. The van der Waals surface area contributed by atoms with E-state index in [9.17, 15) is 0 Å². The molecule has 4 nitrogen and oxygen atoms in total. The Balaban J connectivity index is 3.28. The summed E-state index contributed by atoms with van der Waals surface area (Å²) in [7, 11) is 1.34. The fourth-order valence-electron chi connectivity index (χ4n) is 2.01. The van der Waals surface area contributed by atoms with Crippen LogP contribution in [0.1, 0.15) is 0 Å². The van der Waals surface area contributed by atoms with Crippen molar-refractivity contribution in [1.29, 1.82) is 0 Å². The molecule has 1 atom stereocenters. The molecule has 0 aromatic heterocycles. The van der Waals surface area contributed by atoms with E-state index in [0.29, 0.717) is 0 Å². The molecule has 1 aromatic rings. The van der Waals surface area contributed by atoms with Crippen LogP contribution in [0.4, 0.5) is 0 Å². The van der Waals surface area contributed by atoms with Gasteiger partial charge in [0.1, 0.15) is 0 Å². The summed E-state index contributed by atoms with van der Waals surface area (Å²) >= 11 is 0. The normalized spacial score (nSPS) is 15.6. The molecular formula is C11H20O4Si2. The van der Waals surface area contributed by atoms with Gasteiger partial charge in [0.2, 0.25) is 0 Å². The molecule has 1 aromatic carbocycles. The van der Waals surface area contributed by atoms with Gasteiger partial charge in [0, 0.05) is 28.4 Å². The number of hydrogen-bond donors (Lipinski definition) is 0. The highest BCUT2D eigenvalue weighted by Gasteiger charge is 2.61. The molecule has 1 rings (SSSR count). The molecule has 6 heteroatoms. The highest BCUT2D eigenvalue weighted by atomic mass is 29.3. The van der Waals surface area contributed by atoms with Gasteiger partial charge in [-0.2, -0.15) is 0 Å². The lowest BCUT2D eigenvalue weighted by Gasteiger charge is -2.38. The SMILES string of the molecule is CO[Si](OC)(OC)[Si](C)(OC)c1ccccc1. The van der Waals surface area contributed by atoms with E-state index in [1.165, 1.54) is 0 Å². The highest BCUT2D eigenvalue weighted by molar-refractivity contribution is 7.37. The Morgan fingerprint density at radius 1 is 0.765 bits per heavy atom. The van der Waals surface area contributed by atoms with Crippen molar-refractivity contribution in [3.63, 3.8) is 0 Å². The Kier molecular flexibility index (Phi) is 5.05. The second kappa shape index (κ2) is 5.90. The number of rotatable bonds is 6. The van der Waals surface area contributed by atoms with E-state index in [-0.39, 0.29) is 0 Å². The largest absolute Gasteiger partial charge is 0.508 e. The van der Waals surface area contributed by atoms with Crippen molar-refractivity contribution in [2.45, 2.75) is 6.55 Å². The van der Waals surface area contributed by atoms with Crippen molar-refractivity contribution in [2.75, 3.05) is 28.4 Å². The fourth-order valence-corrected chi connectivity index (χ4v) is 11.2. The summed E-state index contributed by atoms with van der Waals surface area (Å²) in [6, 6.07) is 10.0. The number of benzene rings is 1. The van der Waals surface area contributed by atoms with E-state index in [2.05, 4.69) is 6.55 Å². The third-order valence-electron chi connectivity index (χ3n) is 3.12. The van der Waals surface area contributed by atoms with Crippen molar-refractivity contribution in [3.05, 3.63) is 30.3 Å². The van der Waals surface area contributed by atoms with Gasteiger partial charge in [-0.25, -0.2) is 0 Å². The minimum atomic E-state index is -2.80. The Bertz CT molecular complexity index is 334. The smallest absolute Gasteiger partial charge is 0.411 e. The van der Waals surface area contributed by atoms with Crippen LogP contribution in [-0.4, -0.2) is 44.6 Å². The predicted octanol–water partition coefficient (Wildman–Crippen LogP) is 1.07. The Labute approximate surface area is 105 Å². The summed E-state index contributed by atoms with van der Waals surface area (Å²) in [5.74, 6) is 0. The minimum Gasteiger partial charge on any atom is -0.411 e. The van der Waals surface area contributed by atoms with Gasteiger partial charge in [-0.1, -0.05) is 30.3 Å². The minimum absolute atomic E-state index is 1.11. The summed E-state index contributed by atoms with van der Waals surface area (Å²) in [5.41, 5.74) is 0.